The van der Waals surface area contributed by atoms with Crippen molar-refractivity contribution < 1.29 is 17.4 Å². The fraction of sp³-hybridized carbons (Fsp3) is 0.692. The molecule has 0 unspecified atom stereocenters. The van der Waals surface area contributed by atoms with E-state index in [-0.39, 0.29) is 35.6 Å². The van der Waals surface area contributed by atoms with Crippen LogP contribution in [0.25, 0.3) is 0 Å². The summed E-state index contributed by atoms with van der Waals surface area (Å²) in [5, 5.41) is 0. The van der Waals surface area contributed by atoms with Crippen LogP contribution in [-0.4, -0.2) is 6.88 Å². The molecular weight excluding hydrogens is 503 g/mol. The second-order valence-electron chi connectivity index (χ2n) is 13.1. The summed E-state index contributed by atoms with van der Waals surface area (Å²) in [5.41, 5.74) is 7.18. The van der Waals surface area contributed by atoms with Gasteiger partial charge in [-0.05, 0) is 0 Å². The number of halogens is 2. The van der Waals surface area contributed by atoms with Crippen molar-refractivity contribution in [2.75, 3.05) is 0 Å². The Morgan fingerprint density at radius 3 is 1.17 bits per heavy atom. The molecule has 0 N–H and O–H groups in total. The maximum atomic E-state index is 2.73. The standard InChI is InChI=1S/2C12H19.2CH3.2ClH.H2Si.Zr/c2*1-9(2)10-6-7-11(8-10)12(3,4)5;;;;;;/h2*8-9H,7H2,1-5H3;2*1H3;2*1H;1H2;. The maximum Gasteiger partial charge on any atom is -0.147 e. The second kappa shape index (κ2) is 9.48. The van der Waals surface area contributed by atoms with Crippen LogP contribution in [0.15, 0.2) is 41.0 Å². The zero-order valence-corrected chi connectivity index (χ0v) is 27.3. The van der Waals surface area contributed by atoms with Crippen molar-refractivity contribution in [3.05, 3.63) is 41.0 Å². The third-order valence-electron chi connectivity index (χ3n) is 7.20. The molecule has 0 aliphatic heterocycles. The zero-order valence-electron chi connectivity index (χ0n) is 21.7. The quantitative estimate of drug-likeness (QED) is 0.307. The van der Waals surface area contributed by atoms with E-state index in [1.165, 1.54) is 12.8 Å². The Labute approximate surface area is 202 Å². The molecule has 174 valence electrons. The molecule has 0 aromatic rings. The molecule has 0 saturated heterocycles. The Morgan fingerprint density at radius 2 is 0.967 bits per heavy atom. The zero-order chi connectivity index (χ0) is 21.9. The van der Waals surface area contributed by atoms with Crippen molar-refractivity contribution >= 4 is 31.7 Å². The van der Waals surface area contributed by atoms with Crippen molar-refractivity contribution in [1.29, 1.82) is 0 Å². The van der Waals surface area contributed by atoms with Crippen LogP contribution in [0, 0.1) is 22.7 Å². The fourth-order valence-electron chi connectivity index (χ4n) is 4.91. The molecule has 0 fully saturated rings. The fourth-order valence-corrected chi connectivity index (χ4v) is 19.7. The summed E-state index contributed by atoms with van der Waals surface area (Å²) in [6, 6.07) is 0. The van der Waals surface area contributed by atoms with Gasteiger partial charge in [-0.25, -0.2) is 0 Å². The molecule has 0 atom stereocenters. The molecule has 0 amide bonds. The molecule has 0 saturated carbocycles. The van der Waals surface area contributed by atoms with Crippen LogP contribution < -0.4 is 0 Å². The molecule has 0 heterocycles. The third kappa shape index (κ3) is 5.95. The summed E-state index contributed by atoms with van der Waals surface area (Å²) < 4.78 is 9.20. The second-order valence-corrected chi connectivity index (χ2v) is 41.8. The Kier molecular flexibility index (Phi) is 9.68. The molecule has 2 aliphatic carbocycles. The summed E-state index contributed by atoms with van der Waals surface area (Å²) >= 11 is -3.25. The third-order valence-corrected chi connectivity index (χ3v) is 24.1. The average Bonchev–Trinajstić information content (AvgIpc) is 3.12. The summed E-state index contributed by atoms with van der Waals surface area (Å²) in [4.78, 5) is 0. The SMILES string of the molecule is CC(C)C1=[C]([Zr]([CH3])([CH3])(=[SiH2])[C]2=C(C(C)C)C=C(C(C)(C)C)C2)CC(C(C)(C)C)=C1.Cl.Cl. The molecule has 0 spiro atoms. The predicted octanol–water partition coefficient (Wildman–Crippen LogP) is 8.74. The summed E-state index contributed by atoms with van der Waals surface area (Å²) in [6.07, 6.45) is 7.63. The van der Waals surface area contributed by atoms with Crippen molar-refractivity contribution in [3.8, 4) is 0 Å². The molecule has 30 heavy (non-hydrogen) atoms. The maximum absolute atomic E-state index is 3.25. The monoisotopic (exact) mass is 548 g/mol. The van der Waals surface area contributed by atoms with Gasteiger partial charge >= 0.3 is 179 Å². The minimum absolute atomic E-state index is 0. The first-order valence-electron chi connectivity index (χ1n) is 11.3. The van der Waals surface area contributed by atoms with Crippen molar-refractivity contribution in [2.24, 2.45) is 22.7 Å². The topological polar surface area (TPSA) is 0 Å². The number of allylic oxidation sites excluding steroid dienone is 8. The first-order chi connectivity index (χ1) is 12.3. The normalized spacial score (nSPS) is 18.6. The first kappa shape index (κ1) is 30.6. The average molecular weight is 551 g/mol. The molecule has 0 bridgehead atoms. The largest absolute Gasteiger partial charge is 0.147 e. The van der Waals surface area contributed by atoms with E-state index in [9.17, 15) is 0 Å². The molecule has 2 aliphatic rings. The minimum Gasteiger partial charge on any atom is -0.147 e. The molecular formula is C26H48Cl2SiZr. The van der Waals surface area contributed by atoms with E-state index in [1.54, 1.807) is 22.3 Å². The molecule has 4 heteroatoms. The van der Waals surface area contributed by atoms with E-state index in [1.807, 2.05) is 6.56 Å². The molecule has 0 nitrogen and oxygen atoms in total. The molecule has 0 aromatic carbocycles. The van der Waals surface area contributed by atoms with Gasteiger partial charge in [0.1, 0.15) is 0 Å². The van der Waals surface area contributed by atoms with Crippen LogP contribution in [0.5, 0.6) is 0 Å². The van der Waals surface area contributed by atoms with E-state index in [2.05, 4.69) is 97.5 Å². The summed E-state index contributed by atoms with van der Waals surface area (Å²) in [6.45, 7) is 26.4. The number of rotatable bonds is 4. The van der Waals surface area contributed by atoms with E-state index in [0.717, 1.165) is 0 Å². The van der Waals surface area contributed by atoms with Gasteiger partial charge in [0, 0.05) is 0 Å². The molecule has 2 rings (SSSR count). The van der Waals surface area contributed by atoms with Gasteiger partial charge in [0.25, 0.3) is 0 Å². The van der Waals surface area contributed by atoms with Gasteiger partial charge < -0.3 is 0 Å². The van der Waals surface area contributed by atoms with Gasteiger partial charge in [0.05, 0.1) is 0 Å². The Balaban J connectivity index is 0.00000420. The van der Waals surface area contributed by atoms with Crippen LogP contribution in [-0.2, 0) is 17.4 Å². The van der Waals surface area contributed by atoms with Crippen molar-refractivity contribution in [3.63, 3.8) is 0 Å². The van der Waals surface area contributed by atoms with Crippen LogP contribution >= 0.6 is 24.8 Å². The van der Waals surface area contributed by atoms with Crippen LogP contribution in [0.1, 0.15) is 82.1 Å². The van der Waals surface area contributed by atoms with E-state index >= 15 is 0 Å². The number of hydrogen-bond acceptors (Lipinski definition) is 0. The van der Waals surface area contributed by atoms with Gasteiger partial charge in [-0.2, -0.15) is 0 Å². The summed E-state index contributed by atoms with van der Waals surface area (Å²) in [7, 11) is 0. The molecule has 0 radical (unpaired) electrons. The van der Waals surface area contributed by atoms with Gasteiger partial charge in [0.2, 0.25) is 0 Å². The first-order valence-corrected chi connectivity index (χ1v) is 24.6. The van der Waals surface area contributed by atoms with Gasteiger partial charge in [-0.3, -0.25) is 0 Å². The van der Waals surface area contributed by atoms with Gasteiger partial charge in [0.15, 0.2) is 0 Å². The van der Waals surface area contributed by atoms with E-state index in [4.69, 9.17) is 0 Å². The Bertz CT molecular complexity index is 794. The van der Waals surface area contributed by atoms with Crippen LogP contribution in [0.3, 0.4) is 0 Å². The van der Waals surface area contributed by atoms with Gasteiger partial charge in [-0.1, -0.05) is 0 Å². The molecule has 0 aromatic heterocycles. The van der Waals surface area contributed by atoms with Crippen molar-refractivity contribution in [2.45, 2.75) is 91.3 Å². The van der Waals surface area contributed by atoms with E-state index in [0.29, 0.717) is 11.8 Å². The summed E-state index contributed by atoms with van der Waals surface area (Å²) in [5.74, 6) is 1.24. The van der Waals surface area contributed by atoms with Crippen LogP contribution in [0.2, 0.25) is 9.26 Å². The van der Waals surface area contributed by atoms with Gasteiger partial charge in [-0.15, -0.1) is 24.8 Å². The Hall–Kier alpha value is 0.640. The number of hydrogen-bond donors (Lipinski definition) is 0. The Morgan fingerprint density at radius 1 is 0.700 bits per heavy atom. The predicted molar refractivity (Wildman–Crippen MR) is 143 cm³/mol. The minimum atomic E-state index is -3.25. The smallest absolute Gasteiger partial charge is 0.147 e. The van der Waals surface area contributed by atoms with E-state index < -0.39 is 17.4 Å². The van der Waals surface area contributed by atoms with Crippen LogP contribution in [0.4, 0.5) is 0 Å². The van der Waals surface area contributed by atoms with Crippen molar-refractivity contribution in [1.82, 2.24) is 0 Å².